The summed E-state index contributed by atoms with van der Waals surface area (Å²) in [5, 5.41) is 16.5. The number of aliphatic hydroxyl groups is 1. The minimum atomic E-state index is -1.01. The molecule has 1 aromatic rings. The maximum atomic E-state index is 12.6. The van der Waals surface area contributed by atoms with Crippen LogP contribution in [0.3, 0.4) is 0 Å². The molecule has 3 atom stereocenters. The summed E-state index contributed by atoms with van der Waals surface area (Å²) in [5.41, 5.74) is 0.800. The number of rotatable bonds is 19. The molecule has 1 aromatic carbocycles. The van der Waals surface area contributed by atoms with Crippen LogP contribution in [0.5, 0.6) is 0 Å². The summed E-state index contributed by atoms with van der Waals surface area (Å²) in [7, 11) is 0. The lowest BCUT2D eigenvalue weighted by atomic mass is 10.00. The summed E-state index contributed by atoms with van der Waals surface area (Å²) >= 11 is 0. The monoisotopic (exact) mass is 533 g/mol. The second kappa shape index (κ2) is 19.4. The van der Waals surface area contributed by atoms with E-state index in [4.69, 9.17) is 19.3 Å². The Hall–Kier alpha value is -3.70. The Morgan fingerprint density at radius 1 is 1.03 bits per heavy atom. The van der Waals surface area contributed by atoms with Crippen LogP contribution < -0.4 is 16.0 Å². The fourth-order valence-electron chi connectivity index (χ4n) is 3.21. The molecule has 1 rings (SSSR count). The minimum Gasteiger partial charge on any atom is -0.459 e. The Morgan fingerprint density at radius 3 is 2.39 bits per heavy atom. The minimum absolute atomic E-state index is 0.00803. The molecule has 210 valence electrons. The number of aliphatic hydroxyl groups excluding tert-OH is 1. The lowest BCUT2D eigenvalue weighted by molar-refractivity contribution is -0.151. The third kappa shape index (κ3) is 14.1. The molecular weight excluding hydrogens is 494 g/mol. The van der Waals surface area contributed by atoms with Gasteiger partial charge in [0.05, 0.1) is 32.3 Å². The lowest BCUT2D eigenvalue weighted by Gasteiger charge is -2.21. The highest BCUT2D eigenvalue weighted by molar-refractivity contribution is 5.86. The second-order valence-electron chi connectivity index (χ2n) is 8.39. The molecule has 0 aliphatic rings. The summed E-state index contributed by atoms with van der Waals surface area (Å²) < 4.78 is 15.6. The normalized spacial score (nSPS) is 12.8. The maximum absolute atomic E-state index is 12.6. The largest absolute Gasteiger partial charge is 0.459 e. The van der Waals surface area contributed by atoms with Gasteiger partial charge in [-0.05, 0) is 25.3 Å². The molecule has 0 spiro atoms. The number of esters is 1. The highest BCUT2D eigenvalue weighted by Crippen LogP contribution is 2.10. The Balaban J connectivity index is 2.49. The molecule has 0 aliphatic carbocycles. The molecule has 3 amide bonds. The number of hydrogen-bond acceptors (Lipinski definition) is 8. The van der Waals surface area contributed by atoms with Gasteiger partial charge < -0.3 is 35.3 Å². The van der Waals surface area contributed by atoms with E-state index in [1.54, 1.807) is 25.1 Å². The van der Waals surface area contributed by atoms with Crippen LogP contribution in [0.25, 0.3) is 0 Å². The van der Waals surface area contributed by atoms with Gasteiger partial charge >= 0.3 is 12.1 Å². The molecule has 0 bridgehead atoms. The highest BCUT2D eigenvalue weighted by atomic mass is 16.6. The van der Waals surface area contributed by atoms with Gasteiger partial charge in [0.2, 0.25) is 11.8 Å². The predicted octanol–water partition coefficient (Wildman–Crippen LogP) is 1.61. The SMILES string of the molecule is C=CC[C@H](CC(=O)NCCOCCO)C(=O)NC[C@H](C)OC(=O)[C@@H](CC=C)NC(=O)OCc1ccccc1. The van der Waals surface area contributed by atoms with Crippen LogP contribution in [-0.4, -0.2) is 74.0 Å². The number of hydrogen-bond donors (Lipinski definition) is 4. The molecule has 11 heteroatoms. The van der Waals surface area contributed by atoms with Crippen LogP contribution in [-0.2, 0) is 35.2 Å². The number of carbonyl (C=O) groups is 4. The number of benzene rings is 1. The van der Waals surface area contributed by atoms with Gasteiger partial charge in [-0.25, -0.2) is 9.59 Å². The Bertz CT molecular complexity index is 894. The maximum Gasteiger partial charge on any atom is 0.408 e. The van der Waals surface area contributed by atoms with E-state index >= 15 is 0 Å². The zero-order valence-electron chi connectivity index (χ0n) is 21.9. The van der Waals surface area contributed by atoms with Crippen LogP contribution in [0.2, 0.25) is 0 Å². The van der Waals surface area contributed by atoms with Gasteiger partial charge in [0.1, 0.15) is 18.8 Å². The zero-order chi connectivity index (χ0) is 28.2. The summed E-state index contributed by atoms with van der Waals surface area (Å²) in [6.45, 7) is 9.48. The van der Waals surface area contributed by atoms with Crippen molar-refractivity contribution in [2.45, 2.75) is 44.9 Å². The van der Waals surface area contributed by atoms with E-state index in [2.05, 4.69) is 29.1 Å². The van der Waals surface area contributed by atoms with Crippen molar-refractivity contribution in [2.75, 3.05) is 32.9 Å². The molecule has 0 aromatic heterocycles. The highest BCUT2D eigenvalue weighted by Gasteiger charge is 2.25. The van der Waals surface area contributed by atoms with Crippen molar-refractivity contribution < 1.29 is 38.5 Å². The summed E-state index contributed by atoms with van der Waals surface area (Å²) in [5.74, 6) is -2.06. The van der Waals surface area contributed by atoms with Crippen LogP contribution in [0, 0.1) is 5.92 Å². The number of alkyl carbamates (subject to hydrolysis) is 1. The summed E-state index contributed by atoms with van der Waals surface area (Å²) in [4.78, 5) is 49.5. The molecule has 0 aliphatic heterocycles. The first-order valence-corrected chi connectivity index (χ1v) is 12.4. The number of nitrogens with one attached hydrogen (secondary N) is 3. The number of amides is 3. The molecule has 38 heavy (non-hydrogen) atoms. The van der Waals surface area contributed by atoms with Gasteiger partial charge in [-0.2, -0.15) is 0 Å². The van der Waals surface area contributed by atoms with Crippen molar-refractivity contribution in [1.29, 1.82) is 0 Å². The van der Waals surface area contributed by atoms with Crippen molar-refractivity contribution >= 4 is 23.9 Å². The third-order valence-electron chi connectivity index (χ3n) is 5.13. The smallest absolute Gasteiger partial charge is 0.408 e. The molecule has 0 unspecified atom stereocenters. The third-order valence-corrected chi connectivity index (χ3v) is 5.13. The number of allylic oxidation sites excluding steroid dienone is 1. The Labute approximate surface area is 223 Å². The number of ether oxygens (including phenoxy) is 3. The Morgan fingerprint density at radius 2 is 1.74 bits per heavy atom. The molecular formula is C27H39N3O8. The topological polar surface area (TPSA) is 152 Å². The van der Waals surface area contributed by atoms with Gasteiger partial charge in [-0.15, -0.1) is 13.2 Å². The van der Waals surface area contributed by atoms with E-state index in [0.717, 1.165) is 5.56 Å². The van der Waals surface area contributed by atoms with Crippen LogP contribution >= 0.6 is 0 Å². The van der Waals surface area contributed by atoms with Crippen molar-refractivity contribution in [1.82, 2.24) is 16.0 Å². The first-order valence-electron chi connectivity index (χ1n) is 12.4. The first kappa shape index (κ1) is 32.3. The Kier molecular flexibility index (Phi) is 16.5. The molecule has 0 saturated carbocycles. The first-order chi connectivity index (χ1) is 18.3. The van der Waals surface area contributed by atoms with E-state index in [1.807, 2.05) is 18.2 Å². The summed E-state index contributed by atoms with van der Waals surface area (Å²) in [6.07, 6.45) is 1.90. The molecule has 0 saturated heterocycles. The van der Waals surface area contributed by atoms with Crippen LogP contribution in [0.1, 0.15) is 31.7 Å². The standard InChI is InChI=1S/C27H39N3O8/c1-4-9-22(17-24(32)28-13-15-36-16-14-31)25(33)29-18-20(3)38-26(34)23(10-5-2)30-27(35)37-19-21-11-7-6-8-12-21/h4-8,11-12,20,22-23,31H,1-2,9-10,13-19H2,3H3,(H,28,32)(H,29,33)(H,30,35)/t20-,22+,23+/m0/s1. The van der Waals surface area contributed by atoms with Crippen LogP contribution in [0.15, 0.2) is 55.6 Å². The summed E-state index contributed by atoms with van der Waals surface area (Å²) in [6, 6.07) is 8.09. The molecule has 0 radical (unpaired) electrons. The van der Waals surface area contributed by atoms with Gasteiger partial charge in [0, 0.05) is 13.0 Å². The van der Waals surface area contributed by atoms with Gasteiger partial charge in [0.25, 0.3) is 0 Å². The zero-order valence-corrected chi connectivity index (χ0v) is 21.9. The van der Waals surface area contributed by atoms with Crippen molar-refractivity contribution in [3.05, 3.63) is 61.2 Å². The predicted molar refractivity (Wildman–Crippen MR) is 141 cm³/mol. The molecule has 0 heterocycles. The quantitative estimate of drug-likeness (QED) is 0.119. The van der Waals surface area contributed by atoms with E-state index in [9.17, 15) is 19.2 Å². The van der Waals surface area contributed by atoms with Gasteiger partial charge in [-0.3, -0.25) is 9.59 Å². The fourth-order valence-corrected chi connectivity index (χ4v) is 3.21. The molecule has 11 nitrogen and oxygen atoms in total. The van der Waals surface area contributed by atoms with E-state index in [-0.39, 0.29) is 70.6 Å². The second-order valence-corrected chi connectivity index (χ2v) is 8.39. The van der Waals surface area contributed by atoms with Crippen molar-refractivity contribution in [3.8, 4) is 0 Å². The van der Waals surface area contributed by atoms with Crippen molar-refractivity contribution in [3.63, 3.8) is 0 Å². The fraction of sp³-hybridized carbons (Fsp3) is 0.481. The average molecular weight is 534 g/mol. The molecule has 4 N–H and O–H groups in total. The van der Waals surface area contributed by atoms with E-state index in [1.165, 1.54) is 6.08 Å². The van der Waals surface area contributed by atoms with Gasteiger partial charge in [-0.1, -0.05) is 42.5 Å². The number of carbonyl (C=O) groups excluding carboxylic acids is 4. The van der Waals surface area contributed by atoms with Gasteiger partial charge in [0.15, 0.2) is 0 Å². The van der Waals surface area contributed by atoms with Crippen molar-refractivity contribution in [2.24, 2.45) is 5.92 Å². The lowest BCUT2D eigenvalue weighted by Crippen LogP contribution is -2.44. The average Bonchev–Trinajstić information content (AvgIpc) is 2.90. The van der Waals surface area contributed by atoms with E-state index < -0.39 is 30.1 Å². The molecule has 0 fully saturated rings. The van der Waals surface area contributed by atoms with Crippen LogP contribution in [0.4, 0.5) is 4.79 Å². The van der Waals surface area contributed by atoms with E-state index in [0.29, 0.717) is 0 Å².